The van der Waals surface area contributed by atoms with E-state index in [-0.39, 0.29) is 23.4 Å². The van der Waals surface area contributed by atoms with Gasteiger partial charge in [0.05, 0.1) is 12.7 Å². The van der Waals surface area contributed by atoms with Crippen LogP contribution in [0.25, 0.3) is 0 Å². The van der Waals surface area contributed by atoms with Crippen molar-refractivity contribution in [3.05, 3.63) is 11.8 Å². The van der Waals surface area contributed by atoms with Crippen molar-refractivity contribution >= 4 is 25.0 Å². The molecule has 3 atom stereocenters. The minimum absolute atomic E-state index is 0.0358. The summed E-state index contributed by atoms with van der Waals surface area (Å²) in [6.07, 6.45) is 3.69. The molecule has 1 heterocycles. The molecule has 1 saturated carbocycles. The maximum atomic E-state index is 11.6. The Labute approximate surface area is 264 Å². The lowest BCUT2D eigenvalue weighted by molar-refractivity contribution is -0.125. The van der Waals surface area contributed by atoms with Crippen LogP contribution in [-0.2, 0) is 18.0 Å². The lowest BCUT2D eigenvalue weighted by Crippen LogP contribution is -2.61. The molecule has 0 aromatic heterocycles. The average Bonchev–Trinajstić information content (AvgIpc) is 2.80. The van der Waals surface area contributed by atoms with Crippen LogP contribution in [0.15, 0.2) is 11.8 Å². The van der Waals surface area contributed by atoms with Gasteiger partial charge >= 0.3 is 0 Å². The van der Waals surface area contributed by atoms with Crippen molar-refractivity contribution < 1.29 is 23.1 Å². The molecular weight excluding hydrogens is 573 g/mol. The Kier molecular flexibility index (Phi) is 12.6. The lowest BCUT2D eigenvalue weighted by atomic mass is 9.77. The molecule has 5 nitrogen and oxygen atoms in total. The zero-order valence-electron chi connectivity index (χ0n) is 30.7. The number of rotatable bonds is 14. The second-order valence-electron chi connectivity index (χ2n) is 16.9. The van der Waals surface area contributed by atoms with Gasteiger partial charge in [0.1, 0.15) is 23.6 Å². The first kappa shape index (κ1) is 38.2. The molecule has 0 saturated heterocycles. The molecule has 2 rings (SSSR count). The van der Waals surface area contributed by atoms with E-state index in [4.69, 9.17) is 18.0 Å². The van der Waals surface area contributed by atoms with E-state index in [0.29, 0.717) is 45.6 Å². The molecule has 1 N–H and O–H groups in total. The standard InChI is InChI=1S/C34H70O5Si3/c1-23(2)41(24(3)4,25(5)6)36-22-30-32(39-40(16,17)33(13,14)15)29(21-31(37-30)34(35)19-18-20-34)38-42(26(7)8,27(9)10)28(11)12/h21,23-30,32,35H,18-20,22H2,1-17H3/t29-,30-,32-/m1/s1. The van der Waals surface area contributed by atoms with Gasteiger partial charge in [-0.2, -0.15) is 0 Å². The van der Waals surface area contributed by atoms with Gasteiger partial charge in [0.2, 0.25) is 16.6 Å². The zero-order valence-corrected chi connectivity index (χ0v) is 33.7. The maximum Gasteiger partial charge on any atom is 0.201 e. The molecule has 42 heavy (non-hydrogen) atoms. The SMILES string of the molecule is CC(C)[Si](OC[C@H]1OC(C2(O)CCC2)=C[C@@H](O[Si](C(C)C)(C(C)C)C(C)C)[C@H]1O[Si](C)(C)C(C)(C)C)(C(C)C)C(C)C. The fourth-order valence-electron chi connectivity index (χ4n) is 8.01. The first-order valence-electron chi connectivity index (χ1n) is 17.1. The van der Waals surface area contributed by atoms with Crippen LogP contribution < -0.4 is 0 Å². The smallest absolute Gasteiger partial charge is 0.201 e. The van der Waals surface area contributed by atoms with E-state index < -0.39 is 30.6 Å². The van der Waals surface area contributed by atoms with Gasteiger partial charge in [-0.15, -0.1) is 0 Å². The Bertz CT molecular complexity index is 856. The van der Waals surface area contributed by atoms with Gasteiger partial charge in [0.25, 0.3) is 0 Å². The molecule has 0 radical (unpaired) electrons. The quantitative estimate of drug-likeness (QED) is 0.191. The number of hydrogen-bond acceptors (Lipinski definition) is 5. The molecule has 0 amide bonds. The van der Waals surface area contributed by atoms with Crippen molar-refractivity contribution in [1.82, 2.24) is 0 Å². The number of hydrogen-bond donors (Lipinski definition) is 1. The third-order valence-corrected chi connectivity index (χ3v) is 28.1. The van der Waals surface area contributed by atoms with Gasteiger partial charge in [-0.25, -0.2) is 0 Å². The van der Waals surface area contributed by atoms with Crippen LogP contribution in [0.5, 0.6) is 0 Å². The molecule has 0 unspecified atom stereocenters. The van der Waals surface area contributed by atoms with Gasteiger partial charge < -0.3 is 23.1 Å². The Morgan fingerprint density at radius 1 is 0.786 bits per heavy atom. The van der Waals surface area contributed by atoms with Gasteiger partial charge in [0.15, 0.2) is 8.32 Å². The maximum absolute atomic E-state index is 11.6. The lowest BCUT2D eigenvalue weighted by Gasteiger charge is -2.52. The minimum Gasteiger partial charge on any atom is -0.487 e. The van der Waals surface area contributed by atoms with Crippen molar-refractivity contribution in [1.29, 1.82) is 0 Å². The van der Waals surface area contributed by atoms with Crippen LogP contribution in [0.2, 0.25) is 51.4 Å². The number of aliphatic hydroxyl groups is 1. The summed E-state index contributed by atoms with van der Waals surface area (Å²) in [5.74, 6) is 0.688. The van der Waals surface area contributed by atoms with E-state index in [9.17, 15) is 5.11 Å². The van der Waals surface area contributed by atoms with Crippen LogP contribution in [0, 0.1) is 0 Å². The van der Waals surface area contributed by atoms with Crippen LogP contribution >= 0.6 is 0 Å². The average molecular weight is 643 g/mol. The summed E-state index contributed by atoms with van der Waals surface area (Å²) < 4.78 is 29.0. The van der Waals surface area contributed by atoms with Crippen LogP contribution in [-0.4, -0.2) is 60.6 Å². The van der Waals surface area contributed by atoms with E-state index in [1.54, 1.807) is 0 Å². The predicted octanol–water partition coefficient (Wildman–Crippen LogP) is 10.3. The Hall–Kier alpha value is 0.0306. The minimum atomic E-state index is -2.28. The van der Waals surface area contributed by atoms with Crippen molar-refractivity contribution in [3.63, 3.8) is 0 Å². The predicted molar refractivity (Wildman–Crippen MR) is 187 cm³/mol. The van der Waals surface area contributed by atoms with Crippen molar-refractivity contribution in [2.75, 3.05) is 6.61 Å². The van der Waals surface area contributed by atoms with E-state index in [2.05, 4.69) is 123 Å². The summed E-state index contributed by atoms with van der Waals surface area (Å²) in [4.78, 5) is 0. The third kappa shape index (κ3) is 7.36. The molecule has 0 aromatic carbocycles. The second-order valence-corrected chi connectivity index (χ2v) is 32.6. The zero-order chi connectivity index (χ0) is 32.6. The first-order chi connectivity index (χ1) is 19.0. The second kappa shape index (κ2) is 13.8. The molecule has 248 valence electrons. The summed E-state index contributed by atoms with van der Waals surface area (Å²) in [6.45, 7) is 40.1. The van der Waals surface area contributed by atoms with Crippen LogP contribution in [0.1, 0.15) is 123 Å². The summed E-state index contributed by atoms with van der Waals surface area (Å²) in [7, 11) is -6.66. The highest BCUT2D eigenvalue weighted by atomic mass is 28.4. The Morgan fingerprint density at radius 2 is 1.21 bits per heavy atom. The highest BCUT2D eigenvalue weighted by Gasteiger charge is 2.55. The molecule has 1 aliphatic carbocycles. The van der Waals surface area contributed by atoms with Crippen molar-refractivity contribution in [3.8, 4) is 0 Å². The van der Waals surface area contributed by atoms with Gasteiger partial charge in [-0.3, -0.25) is 0 Å². The topological polar surface area (TPSA) is 57.2 Å². The molecule has 0 aromatic rings. The van der Waals surface area contributed by atoms with E-state index in [1.165, 1.54) is 0 Å². The fourth-order valence-corrected chi connectivity index (χ4v) is 20.3. The monoisotopic (exact) mass is 642 g/mol. The Balaban J connectivity index is 2.72. The summed E-state index contributed by atoms with van der Waals surface area (Å²) in [5.41, 5.74) is 1.83. The largest absolute Gasteiger partial charge is 0.487 e. The van der Waals surface area contributed by atoms with Gasteiger partial charge in [-0.05, 0) is 76.7 Å². The fraction of sp³-hybridized carbons (Fsp3) is 0.941. The van der Waals surface area contributed by atoms with Crippen LogP contribution in [0.4, 0.5) is 0 Å². The van der Waals surface area contributed by atoms with Crippen LogP contribution in [0.3, 0.4) is 0 Å². The summed E-state index contributed by atoms with van der Waals surface area (Å²) in [5, 5.41) is 11.7. The number of ether oxygens (including phenoxy) is 1. The normalized spacial score (nSPS) is 24.2. The van der Waals surface area contributed by atoms with E-state index in [0.717, 1.165) is 19.3 Å². The van der Waals surface area contributed by atoms with E-state index >= 15 is 0 Å². The first-order valence-corrected chi connectivity index (χ1v) is 24.3. The van der Waals surface area contributed by atoms with Crippen molar-refractivity contribution in [2.24, 2.45) is 0 Å². The van der Waals surface area contributed by atoms with Crippen molar-refractivity contribution in [2.45, 2.75) is 198 Å². The molecular formula is C34H70O5Si3. The highest BCUT2D eigenvalue weighted by Crippen LogP contribution is 2.49. The molecule has 0 spiro atoms. The molecule has 1 aliphatic heterocycles. The highest BCUT2D eigenvalue weighted by molar-refractivity contribution is 6.78. The molecule has 1 fully saturated rings. The molecule has 0 bridgehead atoms. The third-order valence-electron chi connectivity index (χ3n) is 11.4. The van der Waals surface area contributed by atoms with Gasteiger partial charge in [0, 0.05) is 0 Å². The molecule has 8 heteroatoms. The Morgan fingerprint density at radius 3 is 1.55 bits per heavy atom. The van der Waals surface area contributed by atoms with E-state index in [1.807, 2.05) is 0 Å². The summed E-state index contributed by atoms with van der Waals surface area (Å²) >= 11 is 0. The summed E-state index contributed by atoms with van der Waals surface area (Å²) in [6, 6.07) is 0. The molecule has 2 aliphatic rings. The van der Waals surface area contributed by atoms with Gasteiger partial charge in [-0.1, -0.05) is 104 Å².